The van der Waals surface area contributed by atoms with Crippen molar-refractivity contribution in [1.82, 2.24) is 5.17 Å². The van der Waals surface area contributed by atoms with E-state index in [1.807, 2.05) is 5.29 Å². The van der Waals surface area contributed by atoms with E-state index in [0.29, 0.717) is 0 Å². The Morgan fingerprint density at radius 1 is 1.67 bits per heavy atom. The van der Waals surface area contributed by atoms with E-state index >= 15 is 0 Å². The van der Waals surface area contributed by atoms with Crippen molar-refractivity contribution in [3.8, 4) is 0 Å². The summed E-state index contributed by atoms with van der Waals surface area (Å²) in [6.07, 6.45) is 0. The highest BCUT2D eigenvalue weighted by molar-refractivity contribution is 7.86. The Balaban J connectivity index is 4.42. The minimum absolute atomic E-state index is 0.348. The molecule has 0 unspecified atom stereocenters. The molecule has 0 heterocycles. The van der Waals surface area contributed by atoms with Crippen LogP contribution in [0.2, 0.25) is 0 Å². The predicted octanol–water partition coefficient (Wildman–Crippen LogP) is -0.670. The van der Waals surface area contributed by atoms with Crippen molar-refractivity contribution in [2.75, 3.05) is 5.75 Å². The maximum absolute atomic E-state index is 10.6. The number of carbonyl (C=O) groups is 1. The van der Waals surface area contributed by atoms with Gasteiger partial charge >= 0.3 is 6.03 Å². The van der Waals surface area contributed by atoms with Gasteiger partial charge in [-0.15, -0.1) is 9.19 Å². The van der Waals surface area contributed by atoms with Gasteiger partial charge < -0.3 is 5.73 Å². The molecule has 0 saturated carbocycles. The van der Waals surface area contributed by atoms with Crippen LogP contribution in [0.5, 0.6) is 0 Å². The van der Waals surface area contributed by atoms with E-state index in [4.69, 9.17) is 0 Å². The van der Waals surface area contributed by atoms with Crippen molar-refractivity contribution in [1.29, 1.82) is 0 Å². The highest BCUT2D eigenvalue weighted by atomic mass is 32.2. The summed E-state index contributed by atoms with van der Waals surface area (Å²) in [6, 6.07) is -1.40. The molecule has 12 heavy (non-hydrogen) atoms. The van der Waals surface area contributed by atoms with E-state index in [1.54, 1.807) is 0 Å². The van der Waals surface area contributed by atoms with Crippen LogP contribution < -0.4 is 5.73 Å². The van der Waals surface area contributed by atoms with Gasteiger partial charge in [0.25, 0.3) is 10.1 Å². The van der Waals surface area contributed by atoms with E-state index in [0.717, 1.165) is 0 Å². The molecule has 8 nitrogen and oxygen atoms in total. The summed E-state index contributed by atoms with van der Waals surface area (Å²) >= 11 is 0. The number of hydrogen-bond donors (Lipinski definition) is 1. The van der Waals surface area contributed by atoms with Gasteiger partial charge in [-0.1, -0.05) is 0 Å². The van der Waals surface area contributed by atoms with Gasteiger partial charge in [-0.25, -0.2) is 4.79 Å². The maximum Gasteiger partial charge on any atom is 0.364 e. The van der Waals surface area contributed by atoms with Crippen LogP contribution >= 0.6 is 0 Å². The number of amides is 2. The first-order valence-corrected chi connectivity index (χ1v) is 4.35. The van der Waals surface area contributed by atoms with E-state index in [9.17, 15) is 18.1 Å². The molecule has 0 aromatic carbocycles. The van der Waals surface area contributed by atoms with Crippen molar-refractivity contribution >= 4 is 16.1 Å². The minimum Gasteiger partial charge on any atom is -0.348 e. The largest absolute Gasteiger partial charge is 0.364 e. The number of nitrogens with zero attached hydrogens (tertiary/aromatic N) is 2. The Hall–Kier alpha value is -1.22. The highest BCUT2D eigenvalue weighted by Crippen LogP contribution is 1.99. The zero-order valence-electron chi connectivity index (χ0n) is 6.13. The second-order valence-corrected chi connectivity index (χ2v) is 3.46. The molecule has 2 amide bonds. The average Bonchev–Trinajstić information content (AvgIpc) is 2.00. The first-order chi connectivity index (χ1) is 5.43. The molecule has 0 aromatic rings. The molecule has 0 fully saturated rings. The number of hydrogen-bond acceptors (Lipinski definition) is 6. The highest BCUT2D eigenvalue weighted by Gasteiger charge is 2.19. The maximum atomic E-state index is 10.6. The van der Waals surface area contributed by atoms with Crippen molar-refractivity contribution in [2.24, 2.45) is 11.0 Å². The second-order valence-electron chi connectivity index (χ2n) is 1.61. The summed E-state index contributed by atoms with van der Waals surface area (Å²) in [5.41, 5.74) is 4.51. The third-order valence-corrected chi connectivity index (χ3v) is 1.88. The first-order valence-electron chi connectivity index (χ1n) is 2.78. The quantitative estimate of drug-likeness (QED) is 0.473. The zero-order chi connectivity index (χ0) is 9.78. The van der Waals surface area contributed by atoms with Gasteiger partial charge in [-0.3, -0.25) is 0 Å². The fourth-order valence-corrected chi connectivity index (χ4v) is 0.672. The smallest absolute Gasteiger partial charge is 0.348 e. The summed E-state index contributed by atoms with van der Waals surface area (Å²) < 4.78 is 25.1. The third-order valence-electron chi connectivity index (χ3n) is 0.800. The van der Waals surface area contributed by atoms with Crippen LogP contribution in [0.3, 0.4) is 0 Å². The molecular formula is C3H7N3O5S. The number of carbonyl (C=O) groups excluding carboxylic acids is 1. The van der Waals surface area contributed by atoms with E-state index in [2.05, 4.69) is 10.0 Å². The first kappa shape index (κ1) is 10.8. The SMILES string of the molecule is CCS(=O)(=O)ON(N=O)C(N)=O. The lowest BCUT2D eigenvalue weighted by Gasteiger charge is -2.07. The van der Waals surface area contributed by atoms with Gasteiger partial charge in [0.15, 0.2) is 0 Å². The van der Waals surface area contributed by atoms with Gasteiger partial charge in [0, 0.05) is 0 Å². The van der Waals surface area contributed by atoms with Crippen LogP contribution in [0.1, 0.15) is 6.92 Å². The molecule has 0 spiro atoms. The summed E-state index contributed by atoms with van der Waals surface area (Å²) in [5.74, 6) is -0.397. The fraction of sp³-hybridized carbons (Fsp3) is 0.667. The molecule has 2 N–H and O–H groups in total. The average molecular weight is 197 g/mol. The monoisotopic (exact) mass is 197 g/mol. The molecule has 70 valence electrons. The third kappa shape index (κ3) is 3.25. The standard InChI is InChI=1S/C3H7N3O5S/c1-2-12(9,10)11-6(5-8)3(4)7/h2H2,1H3,(H2,4,7). The molecule has 0 aliphatic rings. The van der Waals surface area contributed by atoms with Crippen molar-refractivity contribution in [2.45, 2.75) is 6.92 Å². The summed E-state index contributed by atoms with van der Waals surface area (Å²) in [4.78, 5) is 19.9. The molecule has 0 aliphatic carbocycles. The van der Waals surface area contributed by atoms with Crippen LogP contribution in [0.4, 0.5) is 4.79 Å². The summed E-state index contributed by atoms with van der Waals surface area (Å²) in [5, 5.41) is 1.58. The molecular weight excluding hydrogens is 190 g/mol. The predicted molar refractivity (Wildman–Crippen MR) is 37.8 cm³/mol. The van der Waals surface area contributed by atoms with E-state index in [-0.39, 0.29) is 5.17 Å². The van der Waals surface area contributed by atoms with Gasteiger partial charge in [0.2, 0.25) is 0 Å². The molecule has 9 heteroatoms. The Kier molecular flexibility index (Phi) is 3.57. The summed E-state index contributed by atoms with van der Waals surface area (Å²) in [6.45, 7) is 1.26. The molecule has 0 radical (unpaired) electrons. The van der Waals surface area contributed by atoms with Crippen molar-refractivity contribution in [3.63, 3.8) is 0 Å². The topological polar surface area (TPSA) is 119 Å². The van der Waals surface area contributed by atoms with Gasteiger partial charge in [-0.2, -0.15) is 8.42 Å². The van der Waals surface area contributed by atoms with Crippen LogP contribution in [0.15, 0.2) is 5.29 Å². The summed E-state index contributed by atoms with van der Waals surface area (Å²) in [7, 11) is -3.94. The Labute approximate surface area is 68.3 Å². The zero-order valence-corrected chi connectivity index (χ0v) is 6.94. The van der Waals surface area contributed by atoms with Gasteiger partial charge in [0.05, 0.1) is 11.0 Å². The van der Waals surface area contributed by atoms with E-state index in [1.165, 1.54) is 6.92 Å². The Bertz CT molecular complexity index is 272. The molecule has 0 bridgehead atoms. The van der Waals surface area contributed by atoms with Crippen LogP contribution in [0.25, 0.3) is 0 Å². The second kappa shape index (κ2) is 3.97. The lowest BCUT2D eigenvalue weighted by molar-refractivity contribution is -0.00131. The number of nitroso groups, excluding NO2 is 1. The lowest BCUT2D eigenvalue weighted by atomic mass is 11.0. The van der Waals surface area contributed by atoms with Gasteiger partial charge in [0.1, 0.15) is 0 Å². The van der Waals surface area contributed by atoms with Crippen LogP contribution in [-0.2, 0) is 14.4 Å². The Morgan fingerprint density at radius 2 is 2.17 bits per heavy atom. The van der Waals surface area contributed by atoms with Crippen LogP contribution in [0, 0.1) is 4.91 Å². The lowest BCUT2D eigenvalue weighted by Crippen LogP contribution is -2.33. The normalized spacial score (nSPS) is 10.8. The van der Waals surface area contributed by atoms with E-state index < -0.39 is 21.9 Å². The molecule has 0 rings (SSSR count). The fourth-order valence-electron chi connectivity index (χ4n) is 0.251. The molecule has 0 saturated heterocycles. The van der Waals surface area contributed by atoms with Crippen LogP contribution in [-0.4, -0.2) is 25.4 Å². The minimum atomic E-state index is -3.94. The molecule has 0 atom stereocenters. The number of rotatable bonds is 4. The number of nitrogens with two attached hydrogens (primary N) is 1. The van der Waals surface area contributed by atoms with Crippen molar-refractivity contribution in [3.05, 3.63) is 4.91 Å². The molecule has 0 aromatic heterocycles. The number of urea groups is 1. The van der Waals surface area contributed by atoms with Crippen molar-refractivity contribution < 1.29 is 17.5 Å². The number of primary amides is 1. The number of hydroxylamine groups is 1. The Morgan fingerprint density at radius 3 is 2.42 bits per heavy atom. The van der Waals surface area contributed by atoms with Gasteiger partial charge in [-0.05, 0) is 12.1 Å². The molecule has 0 aliphatic heterocycles.